The van der Waals surface area contributed by atoms with Crippen LogP contribution < -0.4 is 0 Å². The molecule has 0 amide bonds. The first-order chi connectivity index (χ1) is 4.67. The molecule has 0 aliphatic heterocycles. The van der Waals surface area contributed by atoms with Gasteiger partial charge in [-0.3, -0.25) is 0 Å². The molecule has 0 bridgehead atoms. The van der Waals surface area contributed by atoms with Gasteiger partial charge >= 0.3 is 0 Å². The van der Waals surface area contributed by atoms with Gasteiger partial charge in [-0.2, -0.15) is 8.78 Å². The van der Waals surface area contributed by atoms with Gasteiger partial charge in [0.05, 0.1) is 0 Å². The zero-order valence-electron chi connectivity index (χ0n) is 5.55. The smallest absolute Gasteiger partial charge is 0.295 e. The van der Waals surface area contributed by atoms with Crippen LogP contribution >= 0.6 is 0 Å². The predicted octanol–water partition coefficient (Wildman–Crippen LogP) is 1.76. The zero-order valence-corrected chi connectivity index (χ0v) is 5.55. The molecule has 0 saturated carbocycles. The van der Waals surface area contributed by atoms with Crippen molar-refractivity contribution in [2.75, 3.05) is 7.11 Å². The van der Waals surface area contributed by atoms with Crippen molar-refractivity contribution in [2.45, 2.75) is 12.0 Å². The fraction of sp³-hybridized carbons (Fsp3) is 0.429. The molecule has 56 valence electrons. The minimum atomic E-state index is -2.84. The predicted molar refractivity (Wildman–Crippen MR) is 34.0 cm³/mol. The molecule has 0 spiro atoms. The molecule has 0 aromatic carbocycles. The third-order valence-corrected chi connectivity index (χ3v) is 1.35. The summed E-state index contributed by atoms with van der Waals surface area (Å²) in [7, 11) is 1.27. The fourth-order valence-corrected chi connectivity index (χ4v) is 0.808. The molecule has 1 rings (SSSR count). The molecule has 3 heteroatoms. The van der Waals surface area contributed by atoms with E-state index in [2.05, 4.69) is 4.74 Å². The Hall–Kier alpha value is -0.700. The summed E-state index contributed by atoms with van der Waals surface area (Å²) in [5, 5.41) is 0. The standard InChI is InChI=1S/C7H8F2O/c1-10-6-4-2-3-5-7(6,8)9/h2-6H,1H3. The van der Waals surface area contributed by atoms with Crippen LogP contribution in [0.15, 0.2) is 24.3 Å². The Morgan fingerprint density at radius 1 is 1.40 bits per heavy atom. The summed E-state index contributed by atoms with van der Waals surface area (Å²) >= 11 is 0. The van der Waals surface area contributed by atoms with Crippen LogP contribution in [-0.2, 0) is 4.74 Å². The Morgan fingerprint density at radius 2 is 2.10 bits per heavy atom. The second-order valence-electron chi connectivity index (χ2n) is 2.07. The van der Waals surface area contributed by atoms with E-state index in [-0.39, 0.29) is 0 Å². The maximum Gasteiger partial charge on any atom is 0.295 e. The Balaban J connectivity index is 2.74. The molecular weight excluding hydrogens is 138 g/mol. The Morgan fingerprint density at radius 3 is 2.50 bits per heavy atom. The lowest BCUT2D eigenvalue weighted by Gasteiger charge is -2.21. The highest BCUT2D eigenvalue weighted by Gasteiger charge is 2.36. The summed E-state index contributed by atoms with van der Waals surface area (Å²) in [5.41, 5.74) is 0. The number of rotatable bonds is 1. The zero-order chi connectivity index (χ0) is 7.61. The lowest BCUT2D eigenvalue weighted by molar-refractivity contribution is -0.0659. The Labute approximate surface area is 58.0 Å². The van der Waals surface area contributed by atoms with Gasteiger partial charge in [0.2, 0.25) is 0 Å². The fourth-order valence-electron chi connectivity index (χ4n) is 0.808. The first-order valence-electron chi connectivity index (χ1n) is 2.93. The van der Waals surface area contributed by atoms with Crippen molar-refractivity contribution in [3.8, 4) is 0 Å². The van der Waals surface area contributed by atoms with Crippen molar-refractivity contribution in [2.24, 2.45) is 0 Å². The van der Waals surface area contributed by atoms with Crippen molar-refractivity contribution in [1.82, 2.24) is 0 Å². The molecule has 0 aromatic heterocycles. The first-order valence-corrected chi connectivity index (χ1v) is 2.93. The maximum atomic E-state index is 12.6. The molecular formula is C7H8F2O. The molecule has 1 unspecified atom stereocenters. The number of hydrogen-bond donors (Lipinski definition) is 0. The average molecular weight is 146 g/mol. The van der Waals surface area contributed by atoms with Crippen LogP contribution in [0.25, 0.3) is 0 Å². The molecule has 0 N–H and O–H groups in total. The van der Waals surface area contributed by atoms with Crippen LogP contribution in [-0.4, -0.2) is 19.1 Å². The van der Waals surface area contributed by atoms with E-state index in [1.807, 2.05) is 0 Å². The number of halogens is 2. The summed E-state index contributed by atoms with van der Waals surface area (Å²) in [6.45, 7) is 0. The SMILES string of the molecule is COC1C=CC=CC1(F)F. The maximum absolute atomic E-state index is 12.6. The van der Waals surface area contributed by atoms with Gasteiger partial charge in [-0.15, -0.1) is 0 Å². The number of methoxy groups -OCH3 is 1. The van der Waals surface area contributed by atoms with Gasteiger partial charge in [0.15, 0.2) is 0 Å². The van der Waals surface area contributed by atoms with Gasteiger partial charge in [-0.05, 0) is 12.2 Å². The molecule has 0 aromatic rings. The highest BCUT2D eigenvalue weighted by Crippen LogP contribution is 2.26. The molecule has 0 fully saturated rings. The van der Waals surface area contributed by atoms with E-state index < -0.39 is 12.0 Å². The van der Waals surface area contributed by atoms with E-state index in [1.165, 1.54) is 19.3 Å². The molecule has 0 radical (unpaired) electrons. The minimum absolute atomic E-state index is 0.834. The number of ether oxygens (including phenoxy) is 1. The van der Waals surface area contributed by atoms with Crippen molar-refractivity contribution >= 4 is 0 Å². The number of alkyl halides is 2. The highest BCUT2D eigenvalue weighted by molar-refractivity contribution is 5.19. The van der Waals surface area contributed by atoms with Gasteiger partial charge in [0.25, 0.3) is 5.92 Å². The summed E-state index contributed by atoms with van der Waals surface area (Å²) in [6.07, 6.45) is 3.93. The second-order valence-corrected chi connectivity index (χ2v) is 2.07. The first kappa shape index (κ1) is 7.41. The lowest BCUT2D eigenvalue weighted by atomic mass is 10.1. The molecule has 1 aliphatic rings. The van der Waals surface area contributed by atoms with Crippen LogP contribution in [0.4, 0.5) is 8.78 Å². The third kappa shape index (κ3) is 1.24. The number of allylic oxidation sites excluding steroid dienone is 2. The molecule has 1 aliphatic carbocycles. The van der Waals surface area contributed by atoms with Crippen molar-refractivity contribution in [1.29, 1.82) is 0 Å². The van der Waals surface area contributed by atoms with E-state index in [9.17, 15) is 8.78 Å². The van der Waals surface area contributed by atoms with Crippen LogP contribution in [0.3, 0.4) is 0 Å². The van der Waals surface area contributed by atoms with Crippen molar-refractivity contribution in [3.05, 3.63) is 24.3 Å². The molecule has 1 atom stereocenters. The summed E-state index contributed by atoms with van der Waals surface area (Å²) in [6, 6.07) is 0. The van der Waals surface area contributed by atoms with Gasteiger partial charge in [-0.25, -0.2) is 0 Å². The average Bonchev–Trinajstić information content (AvgIpc) is 1.87. The van der Waals surface area contributed by atoms with Gasteiger partial charge < -0.3 is 4.74 Å². The van der Waals surface area contributed by atoms with E-state index in [0.29, 0.717) is 0 Å². The topological polar surface area (TPSA) is 9.23 Å². The summed E-state index contributed by atoms with van der Waals surface area (Å²) < 4.78 is 29.7. The van der Waals surface area contributed by atoms with Gasteiger partial charge in [0, 0.05) is 7.11 Å². The molecule has 0 heterocycles. The van der Waals surface area contributed by atoms with E-state index in [4.69, 9.17) is 0 Å². The highest BCUT2D eigenvalue weighted by atomic mass is 19.3. The monoisotopic (exact) mass is 146 g/mol. The van der Waals surface area contributed by atoms with E-state index in [0.717, 1.165) is 6.08 Å². The quantitative estimate of drug-likeness (QED) is 0.547. The van der Waals surface area contributed by atoms with Crippen LogP contribution in [0.5, 0.6) is 0 Å². The van der Waals surface area contributed by atoms with Crippen LogP contribution in [0.1, 0.15) is 0 Å². The Kier molecular flexibility index (Phi) is 1.85. The summed E-state index contributed by atoms with van der Waals surface area (Å²) in [5.74, 6) is -2.84. The van der Waals surface area contributed by atoms with Crippen molar-refractivity contribution in [3.63, 3.8) is 0 Å². The third-order valence-electron chi connectivity index (χ3n) is 1.35. The largest absolute Gasteiger partial charge is 0.371 e. The second kappa shape index (κ2) is 2.50. The normalized spacial score (nSPS) is 28.9. The molecule has 0 saturated heterocycles. The molecule has 10 heavy (non-hydrogen) atoms. The van der Waals surface area contributed by atoms with Crippen LogP contribution in [0.2, 0.25) is 0 Å². The van der Waals surface area contributed by atoms with E-state index >= 15 is 0 Å². The lowest BCUT2D eigenvalue weighted by Crippen LogP contribution is -2.32. The Bertz CT molecular complexity index is 172. The number of hydrogen-bond acceptors (Lipinski definition) is 1. The van der Waals surface area contributed by atoms with E-state index in [1.54, 1.807) is 6.08 Å². The van der Waals surface area contributed by atoms with Gasteiger partial charge in [-0.1, -0.05) is 12.2 Å². The minimum Gasteiger partial charge on any atom is -0.371 e. The summed E-state index contributed by atoms with van der Waals surface area (Å²) in [4.78, 5) is 0. The van der Waals surface area contributed by atoms with Crippen LogP contribution in [0, 0.1) is 0 Å². The molecule has 1 nitrogen and oxygen atoms in total. The van der Waals surface area contributed by atoms with Gasteiger partial charge in [0.1, 0.15) is 6.10 Å². The van der Waals surface area contributed by atoms with Crippen molar-refractivity contribution < 1.29 is 13.5 Å².